The molecule has 5 heteroatoms. The van der Waals surface area contributed by atoms with Crippen LogP contribution in [0.25, 0.3) is 0 Å². The van der Waals surface area contributed by atoms with Crippen LogP contribution in [0.5, 0.6) is 0 Å². The number of aliphatic hydroxyl groups excluding tert-OH is 3. The summed E-state index contributed by atoms with van der Waals surface area (Å²) in [4.78, 5) is 11.4. The minimum atomic E-state index is -0.993. The van der Waals surface area contributed by atoms with E-state index < -0.39 is 18.8 Å². The summed E-state index contributed by atoms with van der Waals surface area (Å²) in [6.07, 6.45) is 26.3. The Morgan fingerprint density at radius 1 is 0.900 bits per heavy atom. The predicted octanol–water partition coefficient (Wildman–Crippen LogP) is 4.56. The highest BCUT2D eigenvalue weighted by Crippen LogP contribution is 2.06. The van der Waals surface area contributed by atoms with E-state index in [1.807, 2.05) is 18.2 Å². The molecule has 2 atom stereocenters. The van der Waals surface area contributed by atoms with Crippen molar-refractivity contribution in [2.45, 2.75) is 76.9 Å². The Hall–Kier alpha value is -1.95. The van der Waals surface area contributed by atoms with Crippen LogP contribution >= 0.6 is 0 Å². The number of hydrogen-bond acceptors (Lipinski definition) is 5. The van der Waals surface area contributed by atoms with Crippen molar-refractivity contribution in [2.24, 2.45) is 0 Å². The topological polar surface area (TPSA) is 87.0 Å². The standard InChI is InChI=1S/C25H40O5/c1-2-3-4-5-9-12-15-18-23(27)19-16-13-10-7-6-8-11-14-17-20-25(29)30-22-24(28)21-26/h3-4,6-7,9,12-13,15-16,18,23-24,26-28H,2,5,8,10-11,14,17,19-22H2,1H3/b4-3-,7-6-,12-9-,16-13-,18-15+. The van der Waals surface area contributed by atoms with Gasteiger partial charge in [-0.05, 0) is 44.9 Å². The molecule has 2 unspecified atom stereocenters. The van der Waals surface area contributed by atoms with Gasteiger partial charge in [0.15, 0.2) is 0 Å². The summed E-state index contributed by atoms with van der Waals surface area (Å²) in [5, 5.41) is 27.6. The van der Waals surface area contributed by atoms with E-state index in [9.17, 15) is 9.90 Å². The second kappa shape index (κ2) is 21.8. The van der Waals surface area contributed by atoms with E-state index in [4.69, 9.17) is 14.9 Å². The highest BCUT2D eigenvalue weighted by Gasteiger charge is 2.07. The van der Waals surface area contributed by atoms with Crippen molar-refractivity contribution >= 4 is 5.97 Å². The maximum absolute atomic E-state index is 11.4. The number of unbranched alkanes of at least 4 members (excludes halogenated alkanes) is 3. The van der Waals surface area contributed by atoms with E-state index in [0.717, 1.165) is 44.9 Å². The summed E-state index contributed by atoms with van der Waals surface area (Å²) < 4.78 is 4.84. The van der Waals surface area contributed by atoms with E-state index in [0.29, 0.717) is 12.8 Å². The Morgan fingerprint density at radius 3 is 2.40 bits per heavy atom. The van der Waals surface area contributed by atoms with Gasteiger partial charge in [0, 0.05) is 6.42 Å². The summed E-state index contributed by atoms with van der Waals surface area (Å²) in [6, 6.07) is 0. The first-order valence-corrected chi connectivity index (χ1v) is 11.0. The van der Waals surface area contributed by atoms with Crippen LogP contribution in [-0.2, 0) is 9.53 Å². The van der Waals surface area contributed by atoms with Gasteiger partial charge < -0.3 is 20.1 Å². The Labute approximate surface area is 182 Å². The second-order valence-electron chi connectivity index (χ2n) is 7.03. The summed E-state index contributed by atoms with van der Waals surface area (Å²) in [5.74, 6) is -0.333. The summed E-state index contributed by atoms with van der Waals surface area (Å²) >= 11 is 0. The number of aliphatic hydroxyl groups is 3. The van der Waals surface area contributed by atoms with Crippen molar-refractivity contribution in [2.75, 3.05) is 13.2 Å². The third kappa shape index (κ3) is 20.8. The number of carbonyl (C=O) groups is 1. The zero-order valence-electron chi connectivity index (χ0n) is 18.4. The molecule has 0 saturated carbocycles. The smallest absolute Gasteiger partial charge is 0.305 e. The predicted molar refractivity (Wildman–Crippen MR) is 123 cm³/mol. The molecular formula is C25H40O5. The van der Waals surface area contributed by atoms with E-state index in [1.165, 1.54) is 0 Å². The SMILES string of the molecule is CC/C=C\C/C=C\C=C\C(O)C/C=C\C/C=C\CCCCCC(=O)OCC(O)CO. The Morgan fingerprint density at radius 2 is 1.63 bits per heavy atom. The summed E-state index contributed by atoms with van der Waals surface area (Å²) in [6.45, 7) is 1.56. The number of esters is 1. The second-order valence-corrected chi connectivity index (χ2v) is 7.03. The third-order valence-corrected chi connectivity index (χ3v) is 4.14. The molecule has 0 rings (SSSR count). The van der Waals surface area contributed by atoms with Crippen molar-refractivity contribution in [3.05, 3.63) is 60.8 Å². The molecule has 5 nitrogen and oxygen atoms in total. The van der Waals surface area contributed by atoms with Gasteiger partial charge in [-0.3, -0.25) is 4.79 Å². The van der Waals surface area contributed by atoms with E-state index in [-0.39, 0.29) is 12.6 Å². The molecule has 170 valence electrons. The average molecular weight is 421 g/mol. The molecule has 0 bridgehead atoms. The highest BCUT2D eigenvalue weighted by atomic mass is 16.5. The first kappa shape index (κ1) is 28.1. The van der Waals surface area contributed by atoms with Crippen molar-refractivity contribution in [3.8, 4) is 0 Å². The molecule has 0 radical (unpaired) electrons. The minimum Gasteiger partial charge on any atom is -0.463 e. The Balaban J connectivity index is 3.61. The van der Waals surface area contributed by atoms with Crippen LogP contribution in [-0.4, -0.2) is 46.7 Å². The van der Waals surface area contributed by atoms with Gasteiger partial charge >= 0.3 is 5.97 Å². The molecule has 0 fully saturated rings. The maximum atomic E-state index is 11.4. The molecule has 0 aliphatic rings. The molecule has 0 aromatic heterocycles. The van der Waals surface area contributed by atoms with Gasteiger partial charge in [-0.15, -0.1) is 0 Å². The molecule has 0 heterocycles. The molecule has 0 aliphatic heterocycles. The van der Waals surface area contributed by atoms with Crippen LogP contribution < -0.4 is 0 Å². The fourth-order valence-corrected chi connectivity index (χ4v) is 2.42. The molecule has 0 aliphatic carbocycles. The molecule has 3 N–H and O–H groups in total. The maximum Gasteiger partial charge on any atom is 0.305 e. The zero-order chi connectivity index (χ0) is 22.3. The lowest BCUT2D eigenvalue weighted by molar-refractivity contribution is -0.147. The van der Waals surface area contributed by atoms with E-state index in [1.54, 1.807) is 6.08 Å². The Kier molecular flexibility index (Phi) is 20.3. The van der Waals surface area contributed by atoms with Crippen molar-refractivity contribution < 1.29 is 24.9 Å². The first-order valence-electron chi connectivity index (χ1n) is 11.0. The third-order valence-electron chi connectivity index (χ3n) is 4.14. The first-order chi connectivity index (χ1) is 14.6. The number of ether oxygens (including phenoxy) is 1. The van der Waals surface area contributed by atoms with Crippen LogP contribution in [0, 0.1) is 0 Å². The molecule has 0 aromatic carbocycles. The molecule has 0 aromatic rings. The number of hydrogen-bond donors (Lipinski definition) is 3. The van der Waals surface area contributed by atoms with Gasteiger partial charge in [-0.25, -0.2) is 0 Å². The van der Waals surface area contributed by atoms with Crippen molar-refractivity contribution in [3.63, 3.8) is 0 Å². The van der Waals surface area contributed by atoms with Crippen molar-refractivity contribution in [1.29, 1.82) is 0 Å². The lowest BCUT2D eigenvalue weighted by Gasteiger charge is -2.08. The Bertz CT molecular complexity index is 546. The van der Waals surface area contributed by atoms with Gasteiger partial charge in [0.05, 0.1) is 12.7 Å². The van der Waals surface area contributed by atoms with Crippen molar-refractivity contribution in [1.82, 2.24) is 0 Å². The number of rotatable bonds is 18. The van der Waals surface area contributed by atoms with E-state index in [2.05, 4.69) is 43.4 Å². The van der Waals surface area contributed by atoms with Gasteiger partial charge in [0.25, 0.3) is 0 Å². The van der Waals surface area contributed by atoms with Crippen LogP contribution in [0.4, 0.5) is 0 Å². The van der Waals surface area contributed by atoms with Gasteiger partial charge in [0.2, 0.25) is 0 Å². The molecule has 0 spiro atoms. The fraction of sp³-hybridized carbons (Fsp3) is 0.560. The lowest BCUT2D eigenvalue weighted by atomic mass is 10.1. The molecule has 0 saturated heterocycles. The van der Waals surface area contributed by atoms with E-state index >= 15 is 0 Å². The normalized spacial score (nSPS) is 14.7. The highest BCUT2D eigenvalue weighted by molar-refractivity contribution is 5.69. The van der Waals surface area contributed by atoms with Crippen LogP contribution in [0.1, 0.15) is 64.7 Å². The number of allylic oxidation sites excluding steroid dienone is 8. The minimum absolute atomic E-state index is 0.146. The summed E-state index contributed by atoms with van der Waals surface area (Å²) in [7, 11) is 0. The van der Waals surface area contributed by atoms with Gasteiger partial charge in [0.1, 0.15) is 12.7 Å². The largest absolute Gasteiger partial charge is 0.463 e. The number of carbonyl (C=O) groups excluding carboxylic acids is 1. The van der Waals surface area contributed by atoms with Gasteiger partial charge in [-0.2, -0.15) is 0 Å². The molecule has 0 amide bonds. The zero-order valence-corrected chi connectivity index (χ0v) is 18.4. The van der Waals surface area contributed by atoms with Crippen LogP contribution in [0.2, 0.25) is 0 Å². The van der Waals surface area contributed by atoms with Crippen LogP contribution in [0.3, 0.4) is 0 Å². The monoisotopic (exact) mass is 420 g/mol. The molecule has 30 heavy (non-hydrogen) atoms. The molecular weight excluding hydrogens is 380 g/mol. The lowest BCUT2D eigenvalue weighted by Crippen LogP contribution is -2.21. The fourth-order valence-electron chi connectivity index (χ4n) is 2.42. The quantitative estimate of drug-likeness (QED) is 0.131. The van der Waals surface area contributed by atoms with Crippen LogP contribution in [0.15, 0.2) is 60.8 Å². The van der Waals surface area contributed by atoms with Gasteiger partial charge in [-0.1, -0.05) is 74.1 Å². The summed E-state index contributed by atoms with van der Waals surface area (Å²) in [5.41, 5.74) is 0. The average Bonchev–Trinajstić information content (AvgIpc) is 2.75.